The maximum atomic E-state index is 11.8. The molecular formula is C11H14ClN3O3. The second-order valence-electron chi connectivity index (χ2n) is 4.01. The van der Waals surface area contributed by atoms with Crippen molar-refractivity contribution in [1.29, 1.82) is 0 Å². The Hall–Kier alpha value is -1.69. The summed E-state index contributed by atoms with van der Waals surface area (Å²) in [6.07, 6.45) is 1.95. The number of nitro groups is 1. The molecule has 0 aliphatic carbocycles. The molecule has 6 nitrogen and oxygen atoms in total. The lowest BCUT2D eigenvalue weighted by molar-refractivity contribution is -0.385. The van der Waals surface area contributed by atoms with E-state index in [-0.39, 0.29) is 16.4 Å². The van der Waals surface area contributed by atoms with Crippen LogP contribution in [0.3, 0.4) is 0 Å². The summed E-state index contributed by atoms with van der Waals surface area (Å²) in [5, 5.41) is 13.2. The Bertz CT molecular complexity index is 465. The zero-order valence-corrected chi connectivity index (χ0v) is 10.9. The number of halogens is 1. The highest BCUT2D eigenvalue weighted by Gasteiger charge is 2.17. The molecule has 1 atom stereocenters. The summed E-state index contributed by atoms with van der Waals surface area (Å²) in [6.45, 7) is 4.50. The third kappa shape index (κ3) is 3.66. The summed E-state index contributed by atoms with van der Waals surface area (Å²) in [4.78, 5) is 25.4. The van der Waals surface area contributed by atoms with Crippen molar-refractivity contribution < 1.29 is 9.72 Å². The van der Waals surface area contributed by atoms with Crippen molar-refractivity contribution in [3.8, 4) is 0 Å². The Balaban J connectivity index is 2.84. The van der Waals surface area contributed by atoms with E-state index in [0.717, 1.165) is 18.7 Å². The van der Waals surface area contributed by atoms with Crippen LogP contribution in [0.15, 0.2) is 12.3 Å². The molecule has 0 saturated carbocycles. The first kappa shape index (κ1) is 14.4. The van der Waals surface area contributed by atoms with Crippen LogP contribution < -0.4 is 5.32 Å². The lowest BCUT2D eigenvalue weighted by Gasteiger charge is -2.10. The third-order valence-electron chi connectivity index (χ3n) is 2.59. The molecular weight excluding hydrogens is 258 g/mol. The molecule has 0 aliphatic rings. The summed E-state index contributed by atoms with van der Waals surface area (Å²) < 4.78 is 0. The van der Waals surface area contributed by atoms with Crippen molar-refractivity contribution >= 4 is 23.2 Å². The van der Waals surface area contributed by atoms with E-state index in [1.165, 1.54) is 0 Å². The first-order chi connectivity index (χ1) is 8.45. The number of nitrogens with one attached hydrogen (secondary N) is 1. The van der Waals surface area contributed by atoms with Gasteiger partial charge >= 0.3 is 0 Å². The third-order valence-corrected chi connectivity index (χ3v) is 2.89. The van der Waals surface area contributed by atoms with E-state index in [1.54, 1.807) is 0 Å². The van der Waals surface area contributed by atoms with E-state index in [9.17, 15) is 14.9 Å². The van der Waals surface area contributed by atoms with Crippen LogP contribution in [-0.4, -0.2) is 22.4 Å². The number of rotatable bonds is 5. The summed E-state index contributed by atoms with van der Waals surface area (Å²) in [7, 11) is 0. The first-order valence-electron chi connectivity index (χ1n) is 5.53. The number of nitrogens with zero attached hydrogens (tertiary/aromatic N) is 2. The van der Waals surface area contributed by atoms with Crippen LogP contribution in [-0.2, 0) is 0 Å². The van der Waals surface area contributed by atoms with Crippen LogP contribution >= 0.6 is 11.6 Å². The molecule has 1 amide bonds. The van der Waals surface area contributed by atoms with Crippen LogP contribution in [0.1, 0.15) is 30.6 Å². The highest BCUT2D eigenvalue weighted by atomic mass is 35.5. The first-order valence-corrected chi connectivity index (χ1v) is 5.91. The van der Waals surface area contributed by atoms with Crippen molar-refractivity contribution in [3.05, 3.63) is 33.1 Å². The average Bonchev–Trinajstić information content (AvgIpc) is 2.35. The van der Waals surface area contributed by atoms with Crippen molar-refractivity contribution in [1.82, 2.24) is 10.3 Å². The number of amides is 1. The second-order valence-corrected chi connectivity index (χ2v) is 4.37. The molecule has 1 rings (SSSR count). The van der Waals surface area contributed by atoms with Gasteiger partial charge in [0.05, 0.1) is 10.5 Å². The second kappa shape index (κ2) is 6.30. The fourth-order valence-corrected chi connectivity index (χ4v) is 1.39. The smallest absolute Gasteiger partial charge is 0.288 e. The van der Waals surface area contributed by atoms with E-state index >= 15 is 0 Å². The molecule has 1 N–H and O–H groups in total. The summed E-state index contributed by atoms with van der Waals surface area (Å²) in [5.74, 6) is -0.115. The highest BCUT2D eigenvalue weighted by molar-refractivity contribution is 6.32. The largest absolute Gasteiger partial charge is 0.352 e. The monoisotopic (exact) mass is 271 g/mol. The average molecular weight is 272 g/mol. The molecule has 0 bridgehead atoms. The van der Waals surface area contributed by atoms with Gasteiger partial charge in [0, 0.05) is 12.6 Å². The number of carbonyl (C=O) groups excluding carboxylic acids is 1. The van der Waals surface area contributed by atoms with Gasteiger partial charge in [-0.15, -0.1) is 0 Å². The number of hydrogen-bond donors (Lipinski definition) is 1. The Kier molecular flexibility index (Phi) is 5.03. The number of hydrogen-bond acceptors (Lipinski definition) is 4. The minimum Gasteiger partial charge on any atom is -0.352 e. The predicted octanol–water partition coefficient (Wildman–Crippen LogP) is 2.42. The maximum Gasteiger partial charge on any atom is 0.288 e. The van der Waals surface area contributed by atoms with Crippen molar-refractivity contribution in [2.24, 2.45) is 5.92 Å². The lowest BCUT2D eigenvalue weighted by Crippen LogP contribution is -2.28. The molecule has 98 valence electrons. The maximum absolute atomic E-state index is 11.8. The van der Waals surface area contributed by atoms with E-state index in [1.807, 2.05) is 13.8 Å². The molecule has 0 spiro atoms. The molecule has 0 fully saturated rings. The van der Waals surface area contributed by atoms with E-state index in [4.69, 9.17) is 11.6 Å². The minimum absolute atomic E-state index is 0.0224. The van der Waals surface area contributed by atoms with Gasteiger partial charge in [0.2, 0.25) is 0 Å². The molecule has 1 aromatic rings. The topological polar surface area (TPSA) is 85.1 Å². The molecule has 0 aromatic carbocycles. The predicted molar refractivity (Wildman–Crippen MR) is 67.7 cm³/mol. The van der Waals surface area contributed by atoms with Gasteiger partial charge in [-0.2, -0.15) is 0 Å². The molecule has 1 unspecified atom stereocenters. The van der Waals surface area contributed by atoms with Crippen LogP contribution in [0.2, 0.25) is 5.15 Å². The van der Waals surface area contributed by atoms with Crippen LogP contribution in [0.25, 0.3) is 0 Å². The normalized spacial score (nSPS) is 11.9. The number of pyridine rings is 1. The SMILES string of the molecule is CCC(C)CNC(=O)c1cc([N+](=O)[O-])cnc1Cl. The molecule has 0 saturated heterocycles. The van der Waals surface area contributed by atoms with Gasteiger partial charge in [-0.1, -0.05) is 31.9 Å². The Morgan fingerprint density at radius 1 is 1.67 bits per heavy atom. The van der Waals surface area contributed by atoms with Crippen molar-refractivity contribution in [2.75, 3.05) is 6.54 Å². The van der Waals surface area contributed by atoms with Gasteiger partial charge < -0.3 is 5.32 Å². The molecule has 0 aliphatic heterocycles. The Labute approximate surface area is 110 Å². The van der Waals surface area contributed by atoms with Crippen molar-refractivity contribution in [2.45, 2.75) is 20.3 Å². The van der Waals surface area contributed by atoms with E-state index in [0.29, 0.717) is 12.5 Å². The zero-order valence-electron chi connectivity index (χ0n) is 10.1. The van der Waals surface area contributed by atoms with Gasteiger partial charge in [-0.05, 0) is 5.92 Å². The van der Waals surface area contributed by atoms with Gasteiger partial charge in [0.1, 0.15) is 11.3 Å². The number of aromatic nitrogens is 1. The fourth-order valence-electron chi connectivity index (χ4n) is 1.20. The van der Waals surface area contributed by atoms with Gasteiger partial charge in [0.25, 0.3) is 11.6 Å². The molecule has 18 heavy (non-hydrogen) atoms. The molecule has 1 aromatic heterocycles. The minimum atomic E-state index is -0.616. The quantitative estimate of drug-likeness (QED) is 0.506. The summed E-state index contributed by atoms with van der Waals surface area (Å²) in [6, 6.07) is 1.13. The molecule has 1 heterocycles. The number of carbonyl (C=O) groups is 1. The summed E-state index contributed by atoms with van der Waals surface area (Å²) in [5.41, 5.74) is -0.234. The van der Waals surface area contributed by atoms with Crippen LogP contribution in [0, 0.1) is 16.0 Å². The van der Waals surface area contributed by atoms with Gasteiger partial charge in [-0.3, -0.25) is 14.9 Å². The fraction of sp³-hybridized carbons (Fsp3) is 0.455. The van der Waals surface area contributed by atoms with E-state index in [2.05, 4.69) is 10.3 Å². The van der Waals surface area contributed by atoms with Crippen LogP contribution in [0.5, 0.6) is 0 Å². The molecule has 0 radical (unpaired) electrons. The Morgan fingerprint density at radius 3 is 2.89 bits per heavy atom. The van der Waals surface area contributed by atoms with Gasteiger partial charge in [0.15, 0.2) is 0 Å². The standard InChI is InChI=1S/C11H14ClN3O3/c1-3-7(2)5-14-11(16)9-4-8(15(17)18)6-13-10(9)12/h4,6-7H,3,5H2,1-2H3,(H,14,16). The Morgan fingerprint density at radius 2 is 2.33 bits per heavy atom. The van der Waals surface area contributed by atoms with Crippen LogP contribution in [0.4, 0.5) is 5.69 Å². The lowest BCUT2D eigenvalue weighted by atomic mass is 10.1. The zero-order chi connectivity index (χ0) is 13.7. The highest BCUT2D eigenvalue weighted by Crippen LogP contribution is 2.18. The van der Waals surface area contributed by atoms with Crippen molar-refractivity contribution in [3.63, 3.8) is 0 Å². The summed E-state index contributed by atoms with van der Waals surface area (Å²) >= 11 is 5.75. The molecule has 7 heteroatoms. The van der Waals surface area contributed by atoms with Gasteiger partial charge in [-0.25, -0.2) is 4.98 Å². The van der Waals surface area contributed by atoms with E-state index < -0.39 is 10.8 Å².